The molecule has 0 spiro atoms. The van der Waals surface area contributed by atoms with Gasteiger partial charge in [-0.15, -0.1) is 0 Å². The van der Waals surface area contributed by atoms with E-state index in [1.54, 1.807) is 62.6 Å². The minimum atomic E-state index is -0.400. The molecule has 1 amide bonds. The molecule has 0 heterocycles. The summed E-state index contributed by atoms with van der Waals surface area (Å²) in [5, 5.41) is 13.7. The monoisotopic (exact) mass is 314 g/mol. The Balaban J connectivity index is 1.89. The van der Waals surface area contributed by atoms with Gasteiger partial charge in [0, 0.05) is 11.6 Å². The fraction of sp³-hybridized carbons (Fsp3) is 0.176. The molecule has 0 radical (unpaired) electrons. The van der Waals surface area contributed by atoms with Crippen LogP contribution in [0.15, 0.2) is 53.6 Å². The van der Waals surface area contributed by atoms with Gasteiger partial charge in [-0.25, -0.2) is 5.43 Å². The average molecular weight is 314 g/mol. The number of carbonyl (C=O) groups is 1. The number of nitrogens with one attached hydrogen (secondary N) is 1. The number of nitrogens with zero attached hydrogens (tertiary/aromatic N) is 1. The number of carbonyl (C=O) groups excluding carboxylic acids is 1. The number of phenols is 1. The normalized spacial score (nSPS) is 11.0. The summed E-state index contributed by atoms with van der Waals surface area (Å²) in [6, 6.07) is 13.7. The molecule has 6 heteroatoms. The van der Waals surface area contributed by atoms with Crippen molar-refractivity contribution in [1.82, 2.24) is 5.43 Å². The quantitative estimate of drug-likeness (QED) is 0.633. The Hall–Kier alpha value is -3.02. The van der Waals surface area contributed by atoms with E-state index in [1.165, 1.54) is 0 Å². The summed E-state index contributed by atoms with van der Waals surface area (Å²) in [4.78, 5) is 11.8. The molecule has 120 valence electrons. The topological polar surface area (TPSA) is 80.2 Å². The average Bonchev–Trinajstić information content (AvgIpc) is 2.58. The van der Waals surface area contributed by atoms with Gasteiger partial charge in [-0.1, -0.05) is 18.2 Å². The molecular weight excluding hydrogens is 296 g/mol. The van der Waals surface area contributed by atoms with Crippen LogP contribution in [0.25, 0.3) is 0 Å². The smallest absolute Gasteiger partial charge is 0.277 e. The fourth-order valence-corrected chi connectivity index (χ4v) is 1.86. The maximum atomic E-state index is 11.8. The van der Waals surface area contributed by atoms with Crippen molar-refractivity contribution in [3.05, 3.63) is 54.1 Å². The SMILES string of the molecule is COc1cccc(OCC(=O)NN=C(C)c2ccccc2O)c1. The molecule has 2 rings (SSSR count). The first-order valence-electron chi connectivity index (χ1n) is 6.98. The third-order valence-corrected chi connectivity index (χ3v) is 3.05. The van der Waals surface area contributed by atoms with Crippen molar-refractivity contribution in [2.75, 3.05) is 13.7 Å². The van der Waals surface area contributed by atoms with Crippen LogP contribution in [0.4, 0.5) is 0 Å². The second kappa shape index (κ2) is 7.84. The predicted molar refractivity (Wildman–Crippen MR) is 86.9 cm³/mol. The summed E-state index contributed by atoms with van der Waals surface area (Å²) in [6.07, 6.45) is 0. The van der Waals surface area contributed by atoms with Crippen molar-refractivity contribution < 1.29 is 19.4 Å². The van der Waals surface area contributed by atoms with Crippen LogP contribution >= 0.6 is 0 Å². The lowest BCUT2D eigenvalue weighted by Gasteiger charge is -2.07. The molecule has 23 heavy (non-hydrogen) atoms. The highest BCUT2D eigenvalue weighted by Crippen LogP contribution is 2.18. The van der Waals surface area contributed by atoms with Gasteiger partial charge in [0.2, 0.25) is 0 Å². The lowest BCUT2D eigenvalue weighted by atomic mass is 10.1. The van der Waals surface area contributed by atoms with Crippen LogP contribution in [0.5, 0.6) is 17.2 Å². The molecule has 0 atom stereocenters. The molecule has 0 fully saturated rings. The molecule has 0 bridgehead atoms. The van der Waals surface area contributed by atoms with Crippen LogP contribution in [0, 0.1) is 0 Å². The molecule has 6 nitrogen and oxygen atoms in total. The summed E-state index contributed by atoms with van der Waals surface area (Å²) in [6.45, 7) is 1.52. The van der Waals surface area contributed by atoms with E-state index >= 15 is 0 Å². The Labute approximate surface area is 134 Å². The van der Waals surface area contributed by atoms with E-state index in [4.69, 9.17) is 9.47 Å². The largest absolute Gasteiger partial charge is 0.507 e. The van der Waals surface area contributed by atoms with Crippen molar-refractivity contribution in [3.63, 3.8) is 0 Å². The summed E-state index contributed by atoms with van der Waals surface area (Å²) in [5.74, 6) is 0.885. The Kier molecular flexibility index (Phi) is 5.57. The van der Waals surface area contributed by atoms with Gasteiger partial charge in [-0.05, 0) is 31.2 Å². The Morgan fingerprint density at radius 2 is 1.91 bits per heavy atom. The number of benzene rings is 2. The first kappa shape index (κ1) is 16.4. The van der Waals surface area contributed by atoms with Gasteiger partial charge < -0.3 is 14.6 Å². The van der Waals surface area contributed by atoms with E-state index in [-0.39, 0.29) is 12.4 Å². The molecule has 0 aromatic heterocycles. The van der Waals surface area contributed by atoms with Crippen molar-refractivity contribution in [2.45, 2.75) is 6.92 Å². The summed E-state index contributed by atoms with van der Waals surface area (Å²) in [7, 11) is 1.56. The Morgan fingerprint density at radius 1 is 1.17 bits per heavy atom. The molecular formula is C17H18N2O4. The van der Waals surface area contributed by atoms with E-state index in [9.17, 15) is 9.90 Å². The minimum Gasteiger partial charge on any atom is -0.507 e. The van der Waals surface area contributed by atoms with Gasteiger partial charge in [0.05, 0.1) is 12.8 Å². The number of hydrogen-bond acceptors (Lipinski definition) is 5. The zero-order valence-electron chi connectivity index (χ0n) is 12.9. The first-order chi connectivity index (χ1) is 11.1. The molecule has 2 aromatic rings. The number of hydrazone groups is 1. The van der Waals surface area contributed by atoms with E-state index in [0.717, 1.165) is 0 Å². The molecule has 0 aliphatic heterocycles. The van der Waals surface area contributed by atoms with E-state index in [0.29, 0.717) is 22.8 Å². The van der Waals surface area contributed by atoms with Crippen LogP contribution in [0.2, 0.25) is 0 Å². The van der Waals surface area contributed by atoms with Gasteiger partial charge in [-0.3, -0.25) is 4.79 Å². The zero-order chi connectivity index (χ0) is 16.7. The highest BCUT2D eigenvalue weighted by Gasteiger charge is 2.06. The highest BCUT2D eigenvalue weighted by molar-refractivity contribution is 6.01. The van der Waals surface area contributed by atoms with E-state index in [2.05, 4.69) is 10.5 Å². The van der Waals surface area contributed by atoms with Crippen LogP contribution in [-0.2, 0) is 4.79 Å². The summed E-state index contributed by atoms with van der Waals surface area (Å²) < 4.78 is 10.4. The maximum absolute atomic E-state index is 11.8. The highest BCUT2D eigenvalue weighted by atomic mass is 16.5. The second-order valence-corrected chi connectivity index (χ2v) is 4.72. The van der Waals surface area contributed by atoms with E-state index < -0.39 is 5.91 Å². The fourth-order valence-electron chi connectivity index (χ4n) is 1.86. The van der Waals surface area contributed by atoms with Crippen molar-refractivity contribution >= 4 is 11.6 Å². The number of phenolic OH excluding ortho intramolecular Hbond substituents is 1. The van der Waals surface area contributed by atoms with Crippen LogP contribution < -0.4 is 14.9 Å². The summed E-state index contributed by atoms with van der Waals surface area (Å²) >= 11 is 0. The molecule has 2 N–H and O–H groups in total. The number of ether oxygens (including phenoxy) is 2. The minimum absolute atomic E-state index is 0.107. The zero-order valence-corrected chi connectivity index (χ0v) is 12.9. The second-order valence-electron chi connectivity index (χ2n) is 4.72. The number of aromatic hydroxyl groups is 1. The standard InChI is InChI=1S/C17H18N2O4/c1-12(15-8-3-4-9-16(15)20)18-19-17(21)11-23-14-7-5-6-13(10-14)22-2/h3-10,20H,11H2,1-2H3,(H,19,21). The van der Waals surface area contributed by atoms with Crippen LogP contribution in [0.3, 0.4) is 0 Å². The van der Waals surface area contributed by atoms with Gasteiger partial charge in [0.1, 0.15) is 17.2 Å². The number of amides is 1. The molecule has 0 aliphatic rings. The van der Waals surface area contributed by atoms with Gasteiger partial charge >= 0.3 is 0 Å². The van der Waals surface area contributed by atoms with Crippen LogP contribution in [-0.4, -0.2) is 30.4 Å². The molecule has 0 aliphatic carbocycles. The van der Waals surface area contributed by atoms with Gasteiger partial charge in [0.25, 0.3) is 5.91 Å². The Bertz CT molecular complexity index is 713. The maximum Gasteiger partial charge on any atom is 0.277 e. The lowest BCUT2D eigenvalue weighted by Crippen LogP contribution is -2.25. The molecule has 0 saturated heterocycles. The first-order valence-corrected chi connectivity index (χ1v) is 6.98. The summed E-state index contributed by atoms with van der Waals surface area (Å²) in [5.41, 5.74) is 3.44. The van der Waals surface area contributed by atoms with Crippen molar-refractivity contribution in [3.8, 4) is 17.2 Å². The number of methoxy groups -OCH3 is 1. The van der Waals surface area contributed by atoms with Crippen molar-refractivity contribution in [2.24, 2.45) is 5.10 Å². The number of rotatable bonds is 6. The lowest BCUT2D eigenvalue weighted by molar-refractivity contribution is -0.123. The molecule has 2 aromatic carbocycles. The molecule has 0 unspecified atom stereocenters. The van der Waals surface area contributed by atoms with Gasteiger partial charge in [-0.2, -0.15) is 5.10 Å². The predicted octanol–water partition coefficient (Wildman–Crippen LogP) is 2.32. The third-order valence-electron chi connectivity index (χ3n) is 3.05. The van der Waals surface area contributed by atoms with Crippen LogP contribution in [0.1, 0.15) is 12.5 Å². The van der Waals surface area contributed by atoms with Crippen molar-refractivity contribution in [1.29, 1.82) is 0 Å². The van der Waals surface area contributed by atoms with Gasteiger partial charge in [0.15, 0.2) is 6.61 Å². The third kappa shape index (κ3) is 4.74. The Morgan fingerprint density at radius 3 is 2.65 bits per heavy atom. The number of hydrogen-bond donors (Lipinski definition) is 2. The molecule has 0 saturated carbocycles. The number of para-hydroxylation sites is 1. The van der Waals surface area contributed by atoms with E-state index in [1.807, 2.05) is 0 Å².